The number of carbonyl (C=O) groups is 2. The third kappa shape index (κ3) is 4.20. The van der Waals surface area contributed by atoms with Crippen molar-refractivity contribution < 1.29 is 14.7 Å². The molecule has 0 bridgehead atoms. The van der Waals surface area contributed by atoms with Gasteiger partial charge in [-0.2, -0.15) is 0 Å². The van der Waals surface area contributed by atoms with Crippen LogP contribution in [0.15, 0.2) is 0 Å². The number of hydrogen-bond donors (Lipinski definition) is 2. The fraction of sp³-hybridized carbons (Fsp3) is 0.846. The van der Waals surface area contributed by atoms with Gasteiger partial charge in [-0.05, 0) is 32.1 Å². The van der Waals surface area contributed by atoms with Gasteiger partial charge >= 0.3 is 12.0 Å². The molecule has 2 amide bonds. The number of carbonyl (C=O) groups excluding carboxylic acids is 1. The van der Waals surface area contributed by atoms with Crippen LogP contribution >= 0.6 is 0 Å². The fourth-order valence-electron chi connectivity index (χ4n) is 2.56. The van der Waals surface area contributed by atoms with Crippen molar-refractivity contribution in [3.63, 3.8) is 0 Å². The summed E-state index contributed by atoms with van der Waals surface area (Å²) in [4.78, 5) is 24.5. The van der Waals surface area contributed by atoms with Gasteiger partial charge in [0.25, 0.3) is 0 Å². The van der Waals surface area contributed by atoms with Gasteiger partial charge in [-0.3, -0.25) is 4.79 Å². The lowest BCUT2D eigenvalue weighted by Gasteiger charge is -2.38. The lowest BCUT2D eigenvalue weighted by Crippen LogP contribution is -2.49. The maximum absolute atomic E-state index is 11.9. The number of carboxylic acids is 1. The molecule has 0 unspecified atom stereocenters. The molecular weight excluding hydrogens is 232 g/mol. The van der Waals surface area contributed by atoms with Crippen LogP contribution in [0.5, 0.6) is 0 Å². The van der Waals surface area contributed by atoms with E-state index in [0.717, 1.165) is 12.8 Å². The Morgan fingerprint density at radius 1 is 1.39 bits per heavy atom. The average Bonchev–Trinajstić information content (AvgIpc) is 2.27. The Balaban J connectivity index is 2.55. The standard InChI is InChI=1S/C13H24N2O3/c1-4-10-8-15(13(18)14-9(2)3)6-5-11(10)7-12(16)17/h9-11H,4-8H2,1-3H3,(H,14,18)(H,16,17)/t10-,11-/m0/s1. The van der Waals surface area contributed by atoms with Gasteiger partial charge in [-0.15, -0.1) is 0 Å². The van der Waals surface area contributed by atoms with Crippen molar-refractivity contribution in [1.82, 2.24) is 10.2 Å². The number of aliphatic carboxylic acids is 1. The average molecular weight is 256 g/mol. The minimum Gasteiger partial charge on any atom is -0.481 e. The zero-order valence-electron chi connectivity index (χ0n) is 11.5. The first-order valence-corrected chi connectivity index (χ1v) is 6.71. The van der Waals surface area contributed by atoms with Gasteiger partial charge in [0.2, 0.25) is 0 Å². The highest BCUT2D eigenvalue weighted by atomic mass is 16.4. The number of likely N-dealkylation sites (tertiary alicyclic amines) is 1. The van der Waals surface area contributed by atoms with Crippen molar-refractivity contribution in [2.45, 2.75) is 46.1 Å². The maximum atomic E-state index is 11.9. The summed E-state index contributed by atoms with van der Waals surface area (Å²) < 4.78 is 0. The zero-order chi connectivity index (χ0) is 13.7. The van der Waals surface area contributed by atoms with Crippen LogP contribution < -0.4 is 5.32 Å². The molecule has 0 radical (unpaired) electrons. The van der Waals surface area contributed by atoms with Gasteiger partial charge in [-0.1, -0.05) is 13.3 Å². The summed E-state index contributed by atoms with van der Waals surface area (Å²) in [6.45, 7) is 7.27. The molecule has 1 aliphatic heterocycles. The molecule has 5 nitrogen and oxygen atoms in total. The maximum Gasteiger partial charge on any atom is 0.317 e. The van der Waals surface area contributed by atoms with Crippen LogP contribution in [0, 0.1) is 11.8 Å². The van der Waals surface area contributed by atoms with E-state index >= 15 is 0 Å². The second kappa shape index (κ2) is 6.61. The third-order valence-electron chi connectivity index (χ3n) is 3.55. The van der Waals surface area contributed by atoms with Crippen molar-refractivity contribution in [1.29, 1.82) is 0 Å². The first kappa shape index (κ1) is 14.8. The monoisotopic (exact) mass is 256 g/mol. The zero-order valence-corrected chi connectivity index (χ0v) is 11.5. The molecule has 18 heavy (non-hydrogen) atoms. The summed E-state index contributed by atoms with van der Waals surface area (Å²) in [5.74, 6) is -0.234. The van der Waals surface area contributed by atoms with E-state index in [1.807, 2.05) is 18.7 Å². The molecule has 0 aromatic carbocycles. The second-order valence-corrected chi connectivity index (χ2v) is 5.37. The van der Waals surface area contributed by atoms with E-state index in [-0.39, 0.29) is 24.4 Å². The quantitative estimate of drug-likeness (QED) is 0.807. The number of carboxylic acid groups (broad SMARTS) is 1. The molecule has 2 atom stereocenters. The number of piperidine rings is 1. The van der Waals surface area contributed by atoms with Crippen LogP contribution in [0.25, 0.3) is 0 Å². The summed E-state index contributed by atoms with van der Waals surface area (Å²) >= 11 is 0. The SMILES string of the molecule is CC[C@H]1CN(C(=O)NC(C)C)CC[C@H]1CC(=O)O. The van der Waals surface area contributed by atoms with Crippen LogP contribution in [-0.2, 0) is 4.79 Å². The molecule has 1 saturated heterocycles. The number of nitrogens with zero attached hydrogens (tertiary/aromatic N) is 1. The molecule has 5 heteroatoms. The van der Waals surface area contributed by atoms with Gasteiger partial charge in [-0.25, -0.2) is 4.79 Å². The van der Waals surface area contributed by atoms with Crippen molar-refractivity contribution in [2.75, 3.05) is 13.1 Å². The minimum absolute atomic E-state index is 0.0303. The molecule has 0 spiro atoms. The Labute approximate surface area is 109 Å². The van der Waals surface area contributed by atoms with Crippen LogP contribution in [0.3, 0.4) is 0 Å². The van der Waals surface area contributed by atoms with Crippen molar-refractivity contribution in [3.05, 3.63) is 0 Å². The van der Waals surface area contributed by atoms with Crippen LogP contribution in [0.4, 0.5) is 4.79 Å². The Bertz CT molecular complexity index is 305. The number of nitrogens with one attached hydrogen (secondary N) is 1. The van der Waals surface area contributed by atoms with E-state index in [1.54, 1.807) is 0 Å². The molecule has 1 aliphatic rings. The number of rotatable bonds is 4. The molecule has 1 rings (SSSR count). The molecular formula is C13H24N2O3. The Morgan fingerprint density at radius 3 is 2.56 bits per heavy atom. The largest absolute Gasteiger partial charge is 0.481 e. The molecule has 2 N–H and O–H groups in total. The number of urea groups is 1. The van der Waals surface area contributed by atoms with Crippen molar-refractivity contribution >= 4 is 12.0 Å². The lowest BCUT2D eigenvalue weighted by atomic mass is 9.82. The summed E-state index contributed by atoms with van der Waals surface area (Å²) in [5, 5.41) is 11.8. The van der Waals surface area contributed by atoms with Gasteiger partial charge in [0.15, 0.2) is 0 Å². The number of hydrogen-bond acceptors (Lipinski definition) is 2. The smallest absolute Gasteiger partial charge is 0.317 e. The summed E-state index contributed by atoms with van der Waals surface area (Å²) in [6.07, 6.45) is 1.93. The lowest BCUT2D eigenvalue weighted by molar-refractivity contribution is -0.139. The second-order valence-electron chi connectivity index (χ2n) is 5.37. The summed E-state index contributed by atoms with van der Waals surface area (Å²) in [7, 11) is 0. The van der Waals surface area contributed by atoms with Crippen LogP contribution in [0.2, 0.25) is 0 Å². The third-order valence-corrected chi connectivity index (χ3v) is 3.55. The van der Waals surface area contributed by atoms with Crippen LogP contribution in [-0.4, -0.2) is 41.1 Å². The molecule has 0 aromatic heterocycles. The van der Waals surface area contributed by atoms with E-state index in [2.05, 4.69) is 12.2 Å². The van der Waals surface area contributed by atoms with E-state index in [0.29, 0.717) is 19.0 Å². The van der Waals surface area contributed by atoms with E-state index in [4.69, 9.17) is 5.11 Å². The van der Waals surface area contributed by atoms with Gasteiger partial charge in [0.05, 0.1) is 0 Å². The normalized spacial score (nSPS) is 24.1. The molecule has 0 aromatic rings. The highest BCUT2D eigenvalue weighted by molar-refractivity contribution is 5.74. The summed E-state index contributed by atoms with van der Waals surface area (Å²) in [5.41, 5.74) is 0. The fourth-order valence-corrected chi connectivity index (χ4v) is 2.56. The summed E-state index contributed by atoms with van der Waals surface area (Å²) in [6, 6.07) is 0.103. The highest BCUT2D eigenvalue weighted by Crippen LogP contribution is 2.28. The van der Waals surface area contributed by atoms with Crippen molar-refractivity contribution in [3.8, 4) is 0 Å². The molecule has 0 saturated carbocycles. The minimum atomic E-state index is -0.737. The van der Waals surface area contributed by atoms with E-state index < -0.39 is 5.97 Å². The van der Waals surface area contributed by atoms with Gasteiger partial charge in [0.1, 0.15) is 0 Å². The first-order valence-electron chi connectivity index (χ1n) is 6.71. The highest BCUT2D eigenvalue weighted by Gasteiger charge is 2.31. The predicted molar refractivity (Wildman–Crippen MR) is 69.4 cm³/mol. The van der Waals surface area contributed by atoms with Crippen molar-refractivity contribution in [2.24, 2.45) is 11.8 Å². The molecule has 1 heterocycles. The Hall–Kier alpha value is -1.26. The molecule has 0 aliphatic carbocycles. The molecule has 1 fully saturated rings. The Morgan fingerprint density at radius 2 is 2.06 bits per heavy atom. The predicted octanol–water partition coefficient (Wildman–Crippen LogP) is 1.93. The van der Waals surface area contributed by atoms with Gasteiger partial charge in [0, 0.05) is 25.6 Å². The van der Waals surface area contributed by atoms with E-state index in [1.165, 1.54) is 0 Å². The number of amides is 2. The first-order chi connectivity index (χ1) is 8.43. The van der Waals surface area contributed by atoms with Gasteiger partial charge < -0.3 is 15.3 Å². The molecule has 104 valence electrons. The topological polar surface area (TPSA) is 69.6 Å². The Kier molecular flexibility index (Phi) is 5.44. The van der Waals surface area contributed by atoms with Crippen LogP contribution in [0.1, 0.15) is 40.0 Å². The van der Waals surface area contributed by atoms with E-state index in [9.17, 15) is 9.59 Å².